The number of halogens is 3. The van der Waals surface area contributed by atoms with E-state index in [2.05, 4.69) is 56.4 Å². The van der Waals surface area contributed by atoms with Crippen LogP contribution in [0.25, 0.3) is 21.9 Å². The summed E-state index contributed by atoms with van der Waals surface area (Å²) in [5.74, 6) is 0.0621. The molecule has 0 saturated heterocycles. The van der Waals surface area contributed by atoms with Crippen LogP contribution in [0.1, 0.15) is 22.9 Å². The summed E-state index contributed by atoms with van der Waals surface area (Å²) in [7, 11) is -1.30. The van der Waals surface area contributed by atoms with E-state index in [9.17, 15) is 8.78 Å². The van der Waals surface area contributed by atoms with E-state index in [1.807, 2.05) is 17.5 Å². The Morgan fingerprint density at radius 3 is 2.19 bits per heavy atom. The molecule has 8 rings (SSSR count). The van der Waals surface area contributed by atoms with Gasteiger partial charge in [-0.05, 0) is 68.1 Å². The second kappa shape index (κ2) is 15.5. The van der Waals surface area contributed by atoms with E-state index in [0.717, 1.165) is 27.4 Å². The van der Waals surface area contributed by atoms with Gasteiger partial charge in [0.05, 0.1) is 23.8 Å². The third-order valence-corrected chi connectivity index (χ3v) is 8.93. The Balaban J connectivity index is 0.000000138. The molecule has 2 aromatic carbocycles. The summed E-state index contributed by atoms with van der Waals surface area (Å²) in [5, 5.41) is 37.0. The molecule has 5 aromatic heterocycles. The van der Waals surface area contributed by atoms with E-state index in [1.165, 1.54) is 35.6 Å². The summed E-state index contributed by atoms with van der Waals surface area (Å²) in [6.45, 7) is 0.472. The SMILES string of the molecule is Fc1ccc(CC2N=Nc3ncc(Br)nc32)cc1.Fc1ccc(Cn2nnc3ncc(-c4cccs4)nc32)cc1.OB(O)c1cccs1. The average Bonchev–Trinajstić information content (AvgIpc) is 3.92. The predicted octanol–water partition coefficient (Wildman–Crippen LogP) is 6.32. The van der Waals surface area contributed by atoms with Gasteiger partial charge in [0.15, 0.2) is 11.5 Å². The van der Waals surface area contributed by atoms with E-state index in [0.29, 0.717) is 39.5 Å². The van der Waals surface area contributed by atoms with Crippen LogP contribution in [0.4, 0.5) is 14.6 Å². The van der Waals surface area contributed by atoms with Crippen LogP contribution in [0, 0.1) is 11.6 Å². The molecule has 11 nitrogen and oxygen atoms in total. The quantitative estimate of drug-likeness (QED) is 0.188. The average molecular weight is 746 g/mol. The van der Waals surface area contributed by atoms with Crippen molar-refractivity contribution >= 4 is 67.6 Å². The fourth-order valence-electron chi connectivity index (χ4n) is 4.44. The van der Waals surface area contributed by atoms with Crippen molar-refractivity contribution in [1.29, 1.82) is 0 Å². The molecule has 7 aromatic rings. The number of benzene rings is 2. The highest BCUT2D eigenvalue weighted by Crippen LogP contribution is 2.35. The lowest BCUT2D eigenvalue weighted by atomic mass is 9.90. The van der Waals surface area contributed by atoms with Crippen molar-refractivity contribution in [2.75, 3.05) is 0 Å². The zero-order valence-corrected chi connectivity index (χ0v) is 27.9. The zero-order valence-electron chi connectivity index (χ0n) is 24.7. The van der Waals surface area contributed by atoms with Crippen LogP contribution in [0.2, 0.25) is 0 Å². The Morgan fingerprint density at radius 2 is 1.54 bits per heavy atom. The van der Waals surface area contributed by atoms with Crippen molar-refractivity contribution < 1.29 is 18.8 Å². The van der Waals surface area contributed by atoms with E-state index in [1.54, 1.807) is 70.2 Å². The van der Waals surface area contributed by atoms with Gasteiger partial charge in [-0.1, -0.05) is 47.7 Å². The minimum Gasteiger partial charge on any atom is -0.423 e. The van der Waals surface area contributed by atoms with Crippen LogP contribution >= 0.6 is 38.6 Å². The van der Waals surface area contributed by atoms with E-state index in [4.69, 9.17) is 10.0 Å². The van der Waals surface area contributed by atoms with Gasteiger partial charge in [0.2, 0.25) is 5.65 Å². The first-order chi connectivity index (χ1) is 23.3. The molecule has 1 atom stereocenters. The van der Waals surface area contributed by atoms with Gasteiger partial charge < -0.3 is 10.0 Å². The Hall–Kier alpha value is -4.68. The van der Waals surface area contributed by atoms with Gasteiger partial charge in [-0.2, -0.15) is 16.5 Å². The number of fused-ring (bicyclic) bond motifs is 2. The zero-order chi connectivity index (χ0) is 33.5. The van der Waals surface area contributed by atoms with Gasteiger partial charge in [-0.15, -0.1) is 21.5 Å². The van der Waals surface area contributed by atoms with E-state index < -0.39 is 7.12 Å². The number of rotatable bonds is 6. The van der Waals surface area contributed by atoms with E-state index >= 15 is 0 Å². The molecular weight excluding hydrogens is 723 g/mol. The van der Waals surface area contributed by atoms with Crippen molar-refractivity contribution in [3.8, 4) is 10.6 Å². The lowest BCUT2D eigenvalue weighted by molar-refractivity contribution is 0.427. The summed E-state index contributed by atoms with van der Waals surface area (Å²) in [6.07, 6.45) is 3.94. The summed E-state index contributed by atoms with van der Waals surface area (Å²) >= 11 is 6.22. The third kappa shape index (κ3) is 8.42. The minimum absolute atomic E-state index is 0.143. The molecule has 1 unspecified atom stereocenters. The van der Waals surface area contributed by atoms with Gasteiger partial charge in [0, 0.05) is 11.2 Å². The maximum Gasteiger partial charge on any atom is 0.499 e. The number of hydrogen-bond acceptors (Lipinski definition) is 12. The molecule has 0 spiro atoms. The molecule has 0 radical (unpaired) electrons. The largest absolute Gasteiger partial charge is 0.499 e. The minimum atomic E-state index is -1.30. The Labute approximate surface area is 289 Å². The van der Waals surface area contributed by atoms with Gasteiger partial charge in [-0.3, -0.25) is 0 Å². The Morgan fingerprint density at radius 1 is 0.833 bits per heavy atom. The summed E-state index contributed by atoms with van der Waals surface area (Å²) in [4.78, 5) is 18.4. The van der Waals surface area contributed by atoms with Crippen LogP contribution in [0.15, 0.2) is 111 Å². The molecule has 48 heavy (non-hydrogen) atoms. The smallest absolute Gasteiger partial charge is 0.423 e. The molecule has 0 bridgehead atoms. The first-order valence-electron chi connectivity index (χ1n) is 14.2. The second-order valence-electron chi connectivity index (χ2n) is 10.1. The number of aromatic nitrogens is 7. The maximum absolute atomic E-state index is 13.0. The van der Waals surface area contributed by atoms with Crippen molar-refractivity contribution in [3.63, 3.8) is 0 Å². The van der Waals surface area contributed by atoms with Gasteiger partial charge >= 0.3 is 7.12 Å². The molecule has 0 fully saturated rings. The van der Waals surface area contributed by atoms with E-state index in [-0.39, 0.29) is 17.7 Å². The second-order valence-corrected chi connectivity index (χ2v) is 12.8. The third-order valence-electron chi connectivity index (χ3n) is 6.74. The Bertz CT molecular complexity index is 2120. The molecule has 240 valence electrons. The molecular formula is C31H23BBrF2N9O2S2. The van der Waals surface area contributed by atoms with Crippen molar-refractivity contribution in [2.24, 2.45) is 10.2 Å². The molecule has 1 aliphatic heterocycles. The Kier molecular flexibility index (Phi) is 10.7. The molecule has 2 N–H and O–H groups in total. The molecule has 0 amide bonds. The lowest BCUT2D eigenvalue weighted by Gasteiger charge is -2.06. The standard InChI is InChI=1S/C15H10FN5S.C12H8BrFN4.C4H5BO2S/c16-11-5-3-10(4-6-11)9-21-15-14(19-20-21)17-8-12(18-15)13-2-1-7-22-13;13-10-6-15-12-11(16-10)9(17-18-12)5-7-1-3-8(14)4-2-7;6-5(7)4-2-1-3-8-4/h1-8H,9H2;1-4,6,9H,5H2;1-3,6-7H. The first-order valence-corrected chi connectivity index (χ1v) is 16.8. The summed E-state index contributed by atoms with van der Waals surface area (Å²) < 4.78 is 28.7. The lowest BCUT2D eigenvalue weighted by Crippen LogP contribution is -2.26. The van der Waals surface area contributed by atoms with Gasteiger partial charge in [0.25, 0.3) is 0 Å². The van der Waals surface area contributed by atoms with Gasteiger partial charge in [-0.25, -0.2) is 33.4 Å². The maximum atomic E-state index is 13.0. The number of nitrogens with zero attached hydrogens (tertiary/aromatic N) is 9. The van der Waals surface area contributed by atoms with Crippen molar-refractivity contribution in [2.45, 2.75) is 19.0 Å². The number of azo groups is 1. The normalized spacial score (nSPS) is 13.0. The van der Waals surface area contributed by atoms with Crippen LogP contribution in [-0.2, 0) is 13.0 Å². The van der Waals surface area contributed by atoms with Crippen LogP contribution in [0.3, 0.4) is 0 Å². The highest BCUT2D eigenvalue weighted by molar-refractivity contribution is 9.10. The number of hydrogen-bond donors (Lipinski definition) is 2. The van der Waals surface area contributed by atoms with Crippen LogP contribution in [-0.4, -0.2) is 52.1 Å². The molecule has 1 aliphatic rings. The van der Waals surface area contributed by atoms with Crippen molar-refractivity contribution in [1.82, 2.24) is 34.9 Å². The highest BCUT2D eigenvalue weighted by atomic mass is 79.9. The fraction of sp³-hybridized carbons (Fsp3) is 0.0968. The first kappa shape index (κ1) is 33.2. The molecule has 0 aliphatic carbocycles. The topological polar surface area (TPSA) is 147 Å². The molecule has 6 heterocycles. The summed E-state index contributed by atoms with van der Waals surface area (Å²) in [6, 6.07) is 19.9. The predicted molar refractivity (Wildman–Crippen MR) is 183 cm³/mol. The number of thiophene rings is 2. The highest BCUT2D eigenvalue weighted by Gasteiger charge is 2.24. The van der Waals surface area contributed by atoms with Crippen LogP contribution in [0.5, 0.6) is 0 Å². The van der Waals surface area contributed by atoms with Gasteiger partial charge in [0.1, 0.15) is 33.7 Å². The van der Waals surface area contributed by atoms with Crippen molar-refractivity contribution in [3.05, 3.63) is 129 Å². The van der Waals surface area contributed by atoms with Crippen LogP contribution < -0.4 is 4.78 Å². The molecule has 0 saturated carbocycles. The monoisotopic (exact) mass is 745 g/mol. The summed E-state index contributed by atoms with van der Waals surface area (Å²) in [5.41, 5.74) is 4.60. The molecule has 17 heteroatoms. The fourth-order valence-corrected chi connectivity index (χ4v) is 6.01.